The molecule has 0 unspecified atom stereocenters. The normalized spacial score (nSPS) is 15.7. The summed E-state index contributed by atoms with van der Waals surface area (Å²) in [5.41, 5.74) is 3.72. The third kappa shape index (κ3) is 6.60. The summed E-state index contributed by atoms with van der Waals surface area (Å²) in [6.07, 6.45) is 5.15. The van der Waals surface area contributed by atoms with Gasteiger partial charge in [0.15, 0.2) is 6.10 Å². The zero-order valence-corrected chi connectivity index (χ0v) is 17.8. The molecule has 1 N–H and O–H groups in total. The molecule has 3 rings (SSSR count). The SMILES string of the molecule is CCc1ccc(O[C@@H](CC)C(=O)NCc2ccc(CN3CCCCC3)cc2)cc1. The van der Waals surface area contributed by atoms with E-state index in [2.05, 4.69) is 41.4 Å². The highest BCUT2D eigenvalue weighted by molar-refractivity contribution is 5.81. The van der Waals surface area contributed by atoms with Crippen molar-refractivity contribution in [1.29, 1.82) is 0 Å². The zero-order valence-electron chi connectivity index (χ0n) is 17.8. The predicted octanol–water partition coefficient (Wildman–Crippen LogP) is 4.71. The van der Waals surface area contributed by atoms with Gasteiger partial charge in [0.1, 0.15) is 5.75 Å². The molecule has 0 radical (unpaired) electrons. The number of piperidine rings is 1. The van der Waals surface area contributed by atoms with Gasteiger partial charge in [0, 0.05) is 13.1 Å². The molecule has 0 aromatic heterocycles. The lowest BCUT2D eigenvalue weighted by Gasteiger charge is -2.26. The van der Waals surface area contributed by atoms with Gasteiger partial charge in [-0.25, -0.2) is 0 Å². The smallest absolute Gasteiger partial charge is 0.261 e. The van der Waals surface area contributed by atoms with Crippen LogP contribution in [0.1, 0.15) is 56.2 Å². The highest BCUT2D eigenvalue weighted by Gasteiger charge is 2.18. The molecule has 1 aliphatic heterocycles. The quantitative estimate of drug-likeness (QED) is 0.670. The van der Waals surface area contributed by atoms with Gasteiger partial charge in [0.2, 0.25) is 0 Å². The van der Waals surface area contributed by atoms with Gasteiger partial charge in [-0.05, 0) is 67.6 Å². The van der Waals surface area contributed by atoms with Gasteiger partial charge in [-0.2, -0.15) is 0 Å². The molecule has 1 fully saturated rings. The molecule has 156 valence electrons. The van der Waals surface area contributed by atoms with Crippen LogP contribution in [0.15, 0.2) is 48.5 Å². The number of benzene rings is 2. The van der Waals surface area contributed by atoms with Gasteiger partial charge in [-0.1, -0.05) is 56.7 Å². The average molecular weight is 395 g/mol. The summed E-state index contributed by atoms with van der Waals surface area (Å²) in [5.74, 6) is 0.677. The molecule has 0 aliphatic carbocycles. The number of carbonyl (C=O) groups is 1. The fraction of sp³-hybridized carbons (Fsp3) is 0.480. The number of likely N-dealkylation sites (tertiary alicyclic amines) is 1. The van der Waals surface area contributed by atoms with Crippen molar-refractivity contribution in [2.75, 3.05) is 13.1 Å². The van der Waals surface area contributed by atoms with E-state index in [1.165, 1.54) is 43.5 Å². The van der Waals surface area contributed by atoms with E-state index in [1.807, 2.05) is 31.2 Å². The number of nitrogens with one attached hydrogen (secondary N) is 1. The fourth-order valence-corrected chi connectivity index (χ4v) is 3.73. The third-order valence-electron chi connectivity index (χ3n) is 5.62. The van der Waals surface area contributed by atoms with E-state index in [4.69, 9.17) is 4.74 Å². The highest BCUT2D eigenvalue weighted by Crippen LogP contribution is 2.16. The lowest BCUT2D eigenvalue weighted by Crippen LogP contribution is -2.37. The van der Waals surface area contributed by atoms with Crippen molar-refractivity contribution in [3.63, 3.8) is 0 Å². The molecule has 1 heterocycles. The Morgan fingerprint density at radius 1 is 0.931 bits per heavy atom. The minimum Gasteiger partial charge on any atom is -0.481 e. The Morgan fingerprint density at radius 3 is 2.17 bits per heavy atom. The Morgan fingerprint density at radius 2 is 1.55 bits per heavy atom. The van der Waals surface area contributed by atoms with Gasteiger partial charge in [-0.3, -0.25) is 9.69 Å². The van der Waals surface area contributed by atoms with Crippen LogP contribution in [0.4, 0.5) is 0 Å². The van der Waals surface area contributed by atoms with Crippen molar-refractivity contribution in [1.82, 2.24) is 10.2 Å². The van der Waals surface area contributed by atoms with Gasteiger partial charge in [-0.15, -0.1) is 0 Å². The van der Waals surface area contributed by atoms with Crippen molar-refractivity contribution in [2.24, 2.45) is 0 Å². The molecule has 2 aromatic carbocycles. The molecular weight excluding hydrogens is 360 g/mol. The number of carbonyl (C=O) groups excluding carboxylic acids is 1. The Balaban J connectivity index is 1.47. The summed E-state index contributed by atoms with van der Waals surface area (Å²) >= 11 is 0. The molecule has 0 bridgehead atoms. The topological polar surface area (TPSA) is 41.6 Å². The molecule has 4 nitrogen and oxygen atoms in total. The minimum atomic E-state index is -0.471. The summed E-state index contributed by atoms with van der Waals surface area (Å²) in [4.78, 5) is 15.1. The van der Waals surface area contributed by atoms with Crippen molar-refractivity contribution < 1.29 is 9.53 Å². The van der Waals surface area contributed by atoms with Crippen molar-refractivity contribution in [3.8, 4) is 5.75 Å². The Hall–Kier alpha value is -2.33. The number of nitrogens with zero attached hydrogens (tertiary/aromatic N) is 1. The summed E-state index contributed by atoms with van der Waals surface area (Å²) in [6, 6.07) is 16.6. The fourth-order valence-electron chi connectivity index (χ4n) is 3.73. The van der Waals surface area contributed by atoms with Gasteiger partial charge in [0.05, 0.1) is 0 Å². The van der Waals surface area contributed by atoms with Crippen LogP contribution in [0.2, 0.25) is 0 Å². The van der Waals surface area contributed by atoms with Crippen LogP contribution in [-0.2, 0) is 24.3 Å². The number of ether oxygens (including phenoxy) is 1. The monoisotopic (exact) mass is 394 g/mol. The first kappa shape index (κ1) is 21.4. The van der Waals surface area contributed by atoms with Crippen molar-refractivity contribution in [3.05, 3.63) is 65.2 Å². The number of rotatable bonds is 9. The van der Waals surface area contributed by atoms with E-state index in [1.54, 1.807) is 0 Å². The van der Waals surface area contributed by atoms with Crippen LogP contribution in [0, 0.1) is 0 Å². The van der Waals surface area contributed by atoms with Gasteiger partial charge in [0.25, 0.3) is 5.91 Å². The Labute approximate surface area is 175 Å². The maximum atomic E-state index is 12.6. The van der Waals surface area contributed by atoms with Crippen molar-refractivity contribution >= 4 is 5.91 Å². The largest absolute Gasteiger partial charge is 0.481 e. The van der Waals surface area contributed by atoms with Crippen LogP contribution < -0.4 is 10.1 Å². The van der Waals surface area contributed by atoms with Crippen LogP contribution in [-0.4, -0.2) is 30.0 Å². The molecule has 1 aliphatic rings. The lowest BCUT2D eigenvalue weighted by atomic mass is 10.1. The summed E-state index contributed by atoms with van der Waals surface area (Å²) in [6.45, 7) is 8.06. The van der Waals surface area contributed by atoms with Crippen LogP contribution >= 0.6 is 0 Å². The number of aryl methyl sites for hydroxylation is 1. The lowest BCUT2D eigenvalue weighted by molar-refractivity contribution is -0.128. The molecule has 1 atom stereocenters. The van der Waals surface area contributed by atoms with Gasteiger partial charge < -0.3 is 10.1 Å². The zero-order chi connectivity index (χ0) is 20.5. The molecule has 2 aromatic rings. The van der Waals surface area contributed by atoms with Crippen LogP contribution in [0.5, 0.6) is 5.75 Å². The summed E-state index contributed by atoms with van der Waals surface area (Å²) < 4.78 is 5.90. The van der Waals surface area contributed by atoms with E-state index < -0.39 is 6.10 Å². The van der Waals surface area contributed by atoms with E-state index in [0.717, 1.165) is 24.3 Å². The predicted molar refractivity (Wildman–Crippen MR) is 118 cm³/mol. The van der Waals surface area contributed by atoms with E-state index >= 15 is 0 Å². The van der Waals surface area contributed by atoms with E-state index in [-0.39, 0.29) is 5.91 Å². The standard InChI is InChI=1S/C25H34N2O2/c1-3-20-12-14-23(15-13-20)29-24(4-2)25(28)26-18-21-8-10-22(11-9-21)19-27-16-6-5-7-17-27/h8-15,24H,3-7,16-19H2,1-2H3,(H,26,28)/t24-/m0/s1. The molecule has 29 heavy (non-hydrogen) atoms. The second-order valence-corrected chi connectivity index (χ2v) is 7.88. The highest BCUT2D eigenvalue weighted by atomic mass is 16.5. The maximum Gasteiger partial charge on any atom is 0.261 e. The minimum absolute atomic E-state index is 0.0653. The van der Waals surface area contributed by atoms with E-state index in [9.17, 15) is 4.79 Å². The first-order chi connectivity index (χ1) is 14.2. The molecule has 1 amide bonds. The summed E-state index contributed by atoms with van der Waals surface area (Å²) in [5, 5.41) is 3.02. The summed E-state index contributed by atoms with van der Waals surface area (Å²) in [7, 11) is 0. The first-order valence-electron chi connectivity index (χ1n) is 11.0. The molecule has 0 saturated carbocycles. The number of hydrogen-bond donors (Lipinski definition) is 1. The second kappa shape index (κ2) is 11.0. The average Bonchev–Trinajstić information content (AvgIpc) is 2.78. The molecular formula is C25H34N2O2. The molecule has 4 heteroatoms. The first-order valence-corrected chi connectivity index (χ1v) is 11.0. The van der Waals surface area contributed by atoms with E-state index in [0.29, 0.717) is 13.0 Å². The molecule has 0 spiro atoms. The maximum absolute atomic E-state index is 12.6. The molecule has 1 saturated heterocycles. The number of amides is 1. The third-order valence-corrected chi connectivity index (χ3v) is 5.62. The Kier molecular flexibility index (Phi) is 8.12. The van der Waals surface area contributed by atoms with Crippen LogP contribution in [0.3, 0.4) is 0 Å². The van der Waals surface area contributed by atoms with Crippen LogP contribution in [0.25, 0.3) is 0 Å². The van der Waals surface area contributed by atoms with Gasteiger partial charge >= 0.3 is 0 Å². The van der Waals surface area contributed by atoms with Crippen molar-refractivity contribution in [2.45, 2.75) is 65.1 Å². The second-order valence-electron chi connectivity index (χ2n) is 7.88. The Bertz CT molecular complexity index is 749. The number of hydrogen-bond acceptors (Lipinski definition) is 3.